The first-order chi connectivity index (χ1) is 7.52. The van der Waals surface area contributed by atoms with Crippen LogP contribution in [0, 0.1) is 0 Å². The van der Waals surface area contributed by atoms with Crippen molar-refractivity contribution in [2.24, 2.45) is 0 Å². The summed E-state index contributed by atoms with van der Waals surface area (Å²) in [5.41, 5.74) is 2.30. The van der Waals surface area contributed by atoms with Crippen LogP contribution in [0.4, 0.5) is 0 Å². The van der Waals surface area contributed by atoms with E-state index in [4.69, 9.17) is 4.74 Å². The fraction of sp³-hybridized carbons (Fsp3) is 0.538. The van der Waals surface area contributed by atoms with Gasteiger partial charge in [-0.1, -0.05) is 12.1 Å². The van der Waals surface area contributed by atoms with E-state index in [1.54, 1.807) is 14.0 Å². The summed E-state index contributed by atoms with van der Waals surface area (Å²) in [7, 11) is 5.74. The average Bonchev–Trinajstić information content (AvgIpc) is 2.16. The molecule has 0 bridgehead atoms. The Bertz CT molecular complexity index is 335. The molecule has 0 unspecified atom stereocenters. The predicted molar refractivity (Wildman–Crippen MR) is 65.8 cm³/mol. The first-order valence-electron chi connectivity index (χ1n) is 5.51. The lowest BCUT2D eigenvalue weighted by Crippen LogP contribution is -2.12. The number of aliphatic hydroxyl groups excluding tert-OH is 1. The highest BCUT2D eigenvalue weighted by Gasteiger charge is 2.07. The van der Waals surface area contributed by atoms with Gasteiger partial charge >= 0.3 is 0 Å². The molecule has 1 aromatic carbocycles. The number of hydrogen-bond acceptors (Lipinski definition) is 3. The summed E-state index contributed by atoms with van der Waals surface area (Å²) < 4.78 is 5.32. The molecule has 1 N–H and O–H groups in total. The second-order valence-corrected chi connectivity index (χ2v) is 4.44. The van der Waals surface area contributed by atoms with Crippen molar-refractivity contribution in [2.45, 2.75) is 26.0 Å². The van der Waals surface area contributed by atoms with Gasteiger partial charge in [0.2, 0.25) is 0 Å². The fourth-order valence-corrected chi connectivity index (χ4v) is 1.76. The van der Waals surface area contributed by atoms with E-state index >= 15 is 0 Å². The Kier molecular flexibility index (Phi) is 4.77. The van der Waals surface area contributed by atoms with Crippen LogP contribution >= 0.6 is 0 Å². The highest BCUT2D eigenvalue weighted by atomic mass is 16.5. The van der Waals surface area contributed by atoms with Gasteiger partial charge in [-0.25, -0.2) is 0 Å². The van der Waals surface area contributed by atoms with E-state index in [9.17, 15) is 5.11 Å². The van der Waals surface area contributed by atoms with Crippen LogP contribution < -0.4 is 4.74 Å². The summed E-state index contributed by atoms with van der Waals surface area (Å²) in [6, 6.07) is 6.08. The molecule has 0 amide bonds. The summed E-state index contributed by atoms with van der Waals surface area (Å²) in [5, 5.41) is 9.36. The molecule has 0 spiro atoms. The second-order valence-electron chi connectivity index (χ2n) is 4.44. The maximum atomic E-state index is 9.36. The molecule has 1 rings (SSSR count). The Morgan fingerprint density at radius 3 is 2.56 bits per heavy atom. The lowest BCUT2D eigenvalue weighted by atomic mass is 10.0. The molecule has 3 heteroatoms. The smallest absolute Gasteiger partial charge is 0.123 e. The number of methoxy groups -OCH3 is 1. The van der Waals surface area contributed by atoms with E-state index in [1.165, 1.54) is 0 Å². The molecule has 1 atom stereocenters. The summed E-state index contributed by atoms with van der Waals surface area (Å²) in [5.74, 6) is 0.906. The number of benzene rings is 1. The first kappa shape index (κ1) is 13.0. The van der Waals surface area contributed by atoms with Gasteiger partial charge in [-0.05, 0) is 39.1 Å². The molecule has 0 heterocycles. The van der Waals surface area contributed by atoms with Crippen molar-refractivity contribution in [3.8, 4) is 5.75 Å². The van der Waals surface area contributed by atoms with E-state index < -0.39 is 0 Å². The molecule has 0 fully saturated rings. The van der Waals surface area contributed by atoms with E-state index in [1.807, 2.05) is 26.2 Å². The molecule has 16 heavy (non-hydrogen) atoms. The molecule has 0 aromatic heterocycles. The zero-order valence-corrected chi connectivity index (χ0v) is 10.5. The lowest BCUT2D eigenvalue weighted by Gasteiger charge is -2.15. The largest absolute Gasteiger partial charge is 0.496 e. The van der Waals surface area contributed by atoms with Gasteiger partial charge in [0.1, 0.15) is 5.75 Å². The summed E-state index contributed by atoms with van der Waals surface area (Å²) in [6.07, 6.45) is 0.380. The van der Waals surface area contributed by atoms with Crippen molar-refractivity contribution >= 4 is 0 Å². The second kappa shape index (κ2) is 5.87. The summed E-state index contributed by atoms with van der Waals surface area (Å²) >= 11 is 0. The highest BCUT2D eigenvalue weighted by molar-refractivity contribution is 5.37. The maximum Gasteiger partial charge on any atom is 0.123 e. The molecule has 0 radical (unpaired) electrons. The van der Waals surface area contributed by atoms with Crippen LogP contribution in [0.5, 0.6) is 5.75 Å². The molecule has 1 aromatic rings. The zero-order valence-electron chi connectivity index (χ0n) is 10.5. The first-order valence-corrected chi connectivity index (χ1v) is 5.51. The third kappa shape index (κ3) is 3.83. The van der Waals surface area contributed by atoms with Crippen LogP contribution in [-0.2, 0) is 13.0 Å². The SMILES string of the molecule is COc1ccc(C[C@@H](C)O)cc1CN(C)C. The van der Waals surface area contributed by atoms with Gasteiger partial charge < -0.3 is 14.7 Å². The molecule has 0 aliphatic rings. The average molecular weight is 223 g/mol. The van der Waals surface area contributed by atoms with Gasteiger partial charge in [0.05, 0.1) is 13.2 Å². The molecule has 3 nitrogen and oxygen atoms in total. The minimum atomic E-state index is -0.305. The summed E-state index contributed by atoms with van der Waals surface area (Å²) in [6.45, 7) is 2.65. The third-order valence-corrected chi connectivity index (χ3v) is 2.36. The Hall–Kier alpha value is -1.06. The van der Waals surface area contributed by atoms with Gasteiger partial charge in [0.15, 0.2) is 0 Å². The lowest BCUT2D eigenvalue weighted by molar-refractivity contribution is 0.195. The molecule has 0 saturated heterocycles. The molecule has 0 aliphatic heterocycles. The quantitative estimate of drug-likeness (QED) is 0.824. The third-order valence-electron chi connectivity index (χ3n) is 2.36. The van der Waals surface area contributed by atoms with E-state index in [2.05, 4.69) is 11.0 Å². The maximum absolute atomic E-state index is 9.36. The monoisotopic (exact) mass is 223 g/mol. The molecular formula is C13H21NO2. The van der Waals surface area contributed by atoms with E-state index in [0.29, 0.717) is 6.42 Å². The molecule has 90 valence electrons. The van der Waals surface area contributed by atoms with Crippen LogP contribution in [0.2, 0.25) is 0 Å². The van der Waals surface area contributed by atoms with Crippen molar-refractivity contribution in [3.05, 3.63) is 29.3 Å². The van der Waals surface area contributed by atoms with Crippen LogP contribution in [0.15, 0.2) is 18.2 Å². The van der Waals surface area contributed by atoms with E-state index in [-0.39, 0.29) is 6.10 Å². The molecule has 0 aliphatic carbocycles. The van der Waals surface area contributed by atoms with Gasteiger partial charge in [-0.2, -0.15) is 0 Å². The fourth-order valence-electron chi connectivity index (χ4n) is 1.76. The molecular weight excluding hydrogens is 202 g/mol. The minimum Gasteiger partial charge on any atom is -0.496 e. The number of hydrogen-bond donors (Lipinski definition) is 1. The Balaban J connectivity index is 2.91. The normalized spacial score (nSPS) is 12.9. The standard InChI is InChI=1S/C13H21NO2/c1-10(15)7-11-5-6-13(16-4)12(8-11)9-14(2)3/h5-6,8,10,15H,7,9H2,1-4H3/t10-/m1/s1. The van der Waals surface area contributed by atoms with Crippen molar-refractivity contribution < 1.29 is 9.84 Å². The minimum absolute atomic E-state index is 0.305. The van der Waals surface area contributed by atoms with Crippen LogP contribution in [-0.4, -0.2) is 37.3 Å². The summed E-state index contributed by atoms with van der Waals surface area (Å²) in [4.78, 5) is 2.10. The van der Waals surface area contributed by atoms with Gasteiger partial charge in [0, 0.05) is 12.1 Å². The van der Waals surface area contributed by atoms with Crippen LogP contribution in [0.3, 0.4) is 0 Å². The number of ether oxygens (including phenoxy) is 1. The number of aliphatic hydroxyl groups is 1. The van der Waals surface area contributed by atoms with Crippen molar-refractivity contribution in [1.82, 2.24) is 4.90 Å². The predicted octanol–water partition coefficient (Wildman–Crippen LogP) is 1.68. The van der Waals surface area contributed by atoms with E-state index in [0.717, 1.165) is 23.4 Å². The van der Waals surface area contributed by atoms with Crippen molar-refractivity contribution in [3.63, 3.8) is 0 Å². The van der Waals surface area contributed by atoms with Crippen molar-refractivity contribution in [1.29, 1.82) is 0 Å². The Morgan fingerprint density at radius 2 is 2.06 bits per heavy atom. The number of nitrogens with zero attached hydrogens (tertiary/aromatic N) is 1. The zero-order chi connectivity index (χ0) is 12.1. The highest BCUT2D eigenvalue weighted by Crippen LogP contribution is 2.21. The Labute approximate surface area is 97.7 Å². The van der Waals surface area contributed by atoms with Crippen molar-refractivity contribution in [2.75, 3.05) is 21.2 Å². The van der Waals surface area contributed by atoms with Crippen LogP contribution in [0.25, 0.3) is 0 Å². The van der Waals surface area contributed by atoms with Gasteiger partial charge in [0.25, 0.3) is 0 Å². The van der Waals surface area contributed by atoms with Gasteiger partial charge in [-0.15, -0.1) is 0 Å². The van der Waals surface area contributed by atoms with Crippen LogP contribution in [0.1, 0.15) is 18.1 Å². The van der Waals surface area contributed by atoms with Gasteiger partial charge in [-0.3, -0.25) is 0 Å². The Morgan fingerprint density at radius 1 is 1.38 bits per heavy atom. The molecule has 0 saturated carbocycles. The number of rotatable bonds is 5. The topological polar surface area (TPSA) is 32.7 Å².